The van der Waals surface area contributed by atoms with Gasteiger partial charge in [-0.3, -0.25) is 9.59 Å². The highest BCUT2D eigenvalue weighted by Gasteiger charge is 2.57. The fraction of sp³-hybridized carbons (Fsp3) is 0.676. The van der Waals surface area contributed by atoms with Gasteiger partial charge in [0.15, 0.2) is 0 Å². The van der Waals surface area contributed by atoms with Crippen molar-refractivity contribution >= 4 is 28.9 Å². The van der Waals surface area contributed by atoms with Crippen LogP contribution in [-0.2, 0) is 30.3 Å². The topological polar surface area (TPSA) is 117 Å². The lowest BCUT2D eigenvalue weighted by atomic mass is 9.77. The van der Waals surface area contributed by atoms with E-state index in [0.717, 1.165) is 56.2 Å². The molecule has 1 saturated heterocycles. The first-order chi connectivity index (χ1) is 21.1. The van der Waals surface area contributed by atoms with Gasteiger partial charge in [0, 0.05) is 12.0 Å². The summed E-state index contributed by atoms with van der Waals surface area (Å²) in [6, 6.07) is 4.82. The number of aryl methyl sites for hydroxylation is 1. The van der Waals surface area contributed by atoms with E-state index < -0.39 is 29.4 Å². The first-order valence-corrected chi connectivity index (χ1v) is 16.2. The monoisotopic (exact) mass is 607 g/mol. The fourth-order valence-electron chi connectivity index (χ4n) is 7.10. The first-order valence-electron chi connectivity index (χ1n) is 16.2. The quantitative estimate of drug-likeness (QED) is 0.449. The summed E-state index contributed by atoms with van der Waals surface area (Å²) in [5.41, 5.74) is 1.67. The van der Waals surface area contributed by atoms with E-state index >= 15 is 0 Å². The van der Waals surface area contributed by atoms with Crippen molar-refractivity contribution in [2.75, 3.05) is 20.8 Å². The predicted molar refractivity (Wildman–Crippen MR) is 162 cm³/mol. The molecular formula is C34H45N3O7. The number of rotatable bonds is 3. The van der Waals surface area contributed by atoms with Gasteiger partial charge in [-0.05, 0) is 67.9 Å². The highest BCUT2D eigenvalue weighted by atomic mass is 16.6. The fourth-order valence-corrected chi connectivity index (χ4v) is 7.10. The molecule has 10 heteroatoms. The number of benzene rings is 1. The molecule has 0 unspecified atom stereocenters. The molecule has 2 aliphatic carbocycles. The van der Waals surface area contributed by atoms with E-state index in [2.05, 4.69) is 0 Å². The molecule has 238 valence electrons. The average molecular weight is 608 g/mol. The Balaban J connectivity index is 1.40. The maximum absolute atomic E-state index is 14.4. The van der Waals surface area contributed by atoms with Crippen molar-refractivity contribution in [2.24, 2.45) is 29.1 Å². The number of hydrogen-bond acceptors (Lipinski definition) is 9. The summed E-state index contributed by atoms with van der Waals surface area (Å²) < 4.78 is 23.3. The van der Waals surface area contributed by atoms with Gasteiger partial charge < -0.3 is 23.8 Å². The Kier molecular flexibility index (Phi) is 8.46. The lowest BCUT2D eigenvalue weighted by molar-refractivity contribution is -0.158. The number of carbonyl (C=O) groups is 3. The second kappa shape index (κ2) is 12.2. The first kappa shape index (κ1) is 30.6. The molecular weight excluding hydrogens is 562 g/mol. The summed E-state index contributed by atoms with van der Waals surface area (Å²) in [5, 5.41) is 0. The lowest BCUT2D eigenvalue weighted by Gasteiger charge is -2.34. The van der Waals surface area contributed by atoms with Crippen LogP contribution in [0.5, 0.6) is 11.6 Å². The van der Waals surface area contributed by atoms with Gasteiger partial charge in [0.2, 0.25) is 11.8 Å². The molecule has 3 heterocycles. The molecule has 0 N–H and O–H groups in total. The Morgan fingerprint density at radius 2 is 1.75 bits per heavy atom. The van der Waals surface area contributed by atoms with Crippen molar-refractivity contribution in [1.82, 2.24) is 14.9 Å². The zero-order valence-electron chi connectivity index (χ0n) is 26.5. The van der Waals surface area contributed by atoms with Gasteiger partial charge >= 0.3 is 11.9 Å². The molecule has 10 nitrogen and oxygen atoms in total. The lowest BCUT2D eigenvalue weighted by Crippen LogP contribution is -2.49. The molecule has 1 aromatic heterocycles. The van der Waals surface area contributed by atoms with Gasteiger partial charge in [-0.15, -0.1) is 0 Å². The van der Waals surface area contributed by atoms with Crippen LogP contribution in [0.2, 0.25) is 0 Å². The van der Waals surface area contributed by atoms with Crippen molar-refractivity contribution in [3.05, 3.63) is 23.9 Å². The van der Waals surface area contributed by atoms with Crippen LogP contribution in [0.15, 0.2) is 18.2 Å². The maximum atomic E-state index is 14.4. The number of fused-ring (bicyclic) bond motifs is 5. The van der Waals surface area contributed by atoms with E-state index in [-0.39, 0.29) is 42.8 Å². The zero-order valence-corrected chi connectivity index (χ0v) is 26.5. The second-order valence-corrected chi connectivity index (χ2v) is 14.1. The van der Waals surface area contributed by atoms with Crippen molar-refractivity contribution in [2.45, 2.75) is 96.8 Å². The summed E-state index contributed by atoms with van der Waals surface area (Å²) in [6.45, 7) is 6.06. The van der Waals surface area contributed by atoms with Crippen molar-refractivity contribution in [1.29, 1.82) is 0 Å². The summed E-state index contributed by atoms with van der Waals surface area (Å²) in [6.07, 6.45) is 6.87. The average Bonchev–Trinajstić information content (AvgIpc) is 3.92. The third-order valence-corrected chi connectivity index (χ3v) is 9.91. The molecule has 0 radical (unpaired) electrons. The molecule has 1 amide bonds. The molecule has 0 spiro atoms. The Bertz CT molecular complexity index is 1420. The number of hydrogen-bond donors (Lipinski definition) is 0. The number of amides is 1. The Hall–Kier alpha value is -3.43. The van der Waals surface area contributed by atoms with E-state index in [0.29, 0.717) is 29.5 Å². The smallest absolute Gasteiger partial charge is 0.329 e. The van der Waals surface area contributed by atoms with Gasteiger partial charge in [-0.25, -0.2) is 14.8 Å². The van der Waals surface area contributed by atoms with Gasteiger partial charge in [0.25, 0.3) is 0 Å². The summed E-state index contributed by atoms with van der Waals surface area (Å²) >= 11 is 0. The third kappa shape index (κ3) is 6.35. The Morgan fingerprint density at radius 1 is 0.955 bits per heavy atom. The van der Waals surface area contributed by atoms with Crippen molar-refractivity contribution in [3.8, 4) is 11.6 Å². The molecule has 2 aromatic rings. The second-order valence-electron chi connectivity index (χ2n) is 14.1. The summed E-state index contributed by atoms with van der Waals surface area (Å²) in [5.74, 6) is -0.267. The van der Waals surface area contributed by atoms with E-state index in [4.69, 9.17) is 28.9 Å². The molecule has 3 fully saturated rings. The largest absolute Gasteiger partial charge is 0.497 e. The normalized spacial score (nSPS) is 29.9. The van der Waals surface area contributed by atoms with E-state index in [9.17, 15) is 14.4 Å². The molecule has 4 aliphatic rings. The van der Waals surface area contributed by atoms with Crippen LogP contribution in [0.25, 0.3) is 11.0 Å². The van der Waals surface area contributed by atoms with Crippen molar-refractivity contribution in [3.63, 3.8) is 0 Å². The van der Waals surface area contributed by atoms with Crippen LogP contribution in [0.3, 0.4) is 0 Å². The van der Waals surface area contributed by atoms with Gasteiger partial charge in [0.1, 0.15) is 29.7 Å². The van der Waals surface area contributed by atoms with Crippen LogP contribution in [-0.4, -0.2) is 71.7 Å². The molecule has 44 heavy (non-hydrogen) atoms. The predicted octanol–water partition coefficient (Wildman–Crippen LogP) is 4.90. The number of carbonyl (C=O) groups excluding carboxylic acids is 3. The number of methoxy groups -OCH3 is 2. The minimum atomic E-state index is -0.808. The SMILES string of the molecule is COC(=O)[C@@H]1[C@H](C2CC2)[C@@H]2CN1C(=O)[C@H](C(C)(C)C)CC(=O)O[C@@H]1C[C@H]1CCCCCc1nc3ccc(OC)cc3nc1O2. The third-order valence-electron chi connectivity index (χ3n) is 9.91. The van der Waals surface area contributed by atoms with Crippen LogP contribution in [0.4, 0.5) is 0 Å². The summed E-state index contributed by atoms with van der Waals surface area (Å²) in [4.78, 5) is 52.5. The van der Waals surface area contributed by atoms with E-state index in [1.54, 1.807) is 12.0 Å². The van der Waals surface area contributed by atoms with E-state index in [1.807, 2.05) is 39.0 Å². The van der Waals surface area contributed by atoms with E-state index in [1.165, 1.54) is 7.11 Å². The number of esters is 2. The molecule has 2 aliphatic heterocycles. The number of aromatic nitrogens is 2. The highest BCUT2D eigenvalue weighted by molar-refractivity contribution is 5.89. The summed E-state index contributed by atoms with van der Waals surface area (Å²) in [7, 11) is 2.97. The van der Waals surface area contributed by atoms with Crippen LogP contribution >= 0.6 is 0 Å². The highest BCUT2D eigenvalue weighted by Crippen LogP contribution is 2.48. The van der Waals surface area contributed by atoms with Gasteiger partial charge in [0.05, 0.1) is 44.1 Å². The molecule has 2 bridgehead atoms. The van der Waals surface area contributed by atoms with Crippen LogP contribution in [0.1, 0.15) is 77.8 Å². The molecule has 6 atom stereocenters. The number of nitrogens with zero attached hydrogens (tertiary/aromatic N) is 3. The Labute approximate surface area is 259 Å². The van der Waals surface area contributed by atoms with Crippen molar-refractivity contribution < 1.29 is 33.3 Å². The minimum absolute atomic E-state index is 0.0301. The molecule has 6 rings (SSSR count). The van der Waals surface area contributed by atoms with Crippen LogP contribution < -0.4 is 9.47 Å². The molecule has 2 saturated carbocycles. The van der Waals surface area contributed by atoms with Gasteiger partial charge in [-0.1, -0.05) is 33.6 Å². The number of ether oxygens (including phenoxy) is 4. The molecule has 1 aromatic carbocycles. The zero-order chi connectivity index (χ0) is 31.2. The maximum Gasteiger partial charge on any atom is 0.329 e. The van der Waals surface area contributed by atoms with Crippen LogP contribution in [0, 0.1) is 29.1 Å². The minimum Gasteiger partial charge on any atom is -0.497 e. The Morgan fingerprint density at radius 3 is 2.45 bits per heavy atom. The standard InChI is InChI=1S/C34H45N3O7/c1-34(2,3)22-17-28(38)43-26-15-20(26)9-7-6-8-10-24-31(36-25-16-21(41-4)13-14-23(25)35-24)44-27-18-37(32(22)39)30(33(40)42-5)29(27)19-11-12-19/h13-14,16,19-20,22,26-27,29-30H,6-12,15,17-18H2,1-5H3/t20-,22-,26-,27+,29-,30+/m1/s1. The van der Waals surface area contributed by atoms with Gasteiger partial charge in [-0.2, -0.15) is 0 Å².